The first-order valence-corrected chi connectivity index (χ1v) is 10.9. The van der Waals surface area contributed by atoms with Crippen molar-refractivity contribution in [1.82, 2.24) is 4.31 Å². The number of hydrogen-bond donors (Lipinski definition) is 1. The smallest absolute Gasteiger partial charge is 0.258 e. The Morgan fingerprint density at radius 3 is 2.57 bits per heavy atom. The van der Waals surface area contributed by atoms with Crippen LogP contribution in [0, 0.1) is 12.7 Å². The molecule has 2 rings (SSSR count). The van der Waals surface area contributed by atoms with Crippen molar-refractivity contribution >= 4 is 33.2 Å². The summed E-state index contributed by atoms with van der Waals surface area (Å²) in [7, 11) is -3.82. The molecule has 2 aromatic rings. The molecule has 0 spiro atoms. The number of nitrogens with one attached hydrogen (secondary N) is 1. The Balaban J connectivity index is 2.36. The van der Waals surface area contributed by atoms with Gasteiger partial charge in [0.2, 0.25) is 10.0 Å². The Kier molecular flexibility index (Phi) is 7.57. The molecule has 0 saturated heterocycles. The SMILES string of the molecule is CCCCN(CC)S(=O)(=O)c1ccc(F)c(C(=O)Nc2cccc(Cl)c2C)c1. The standard InChI is InChI=1S/C20H24ClFN2O3S/c1-4-6-12-24(5-2)28(26,27)15-10-11-18(22)16(13-15)20(25)23-19-9-7-8-17(21)14(19)3/h7-11,13H,4-6,12H2,1-3H3,(H,23,25). The number of rotatable bonds is 8. The van der Waals surface area contributed by atoms with Crippen LogP contribution in [0.3, 0.4) is 0 Å². The molecule has 0 fully saturated rings. The minimum atomic E-state index is -3.82. The predicted molar refractivity (Wildman–Crippen MR) is 110 cm³/mol. The minimum absolute atomic E-state index is 0.111. The molecular formula is C20H24ClFN2O3S. The maximum atomic E-state index is 14.3. The van der Waals surface area contributed by atoms with E-state index in [4.69, 9.17) is 11.6 Å². The quantitative estimate of drug-likeness (QED) is 0.656. The molecule has 5 nitrogen and oxygen atoms in total. The first-order chi connectivity index (χ1) is 13.2. The van der Waals surface area contributed by atoms with Crippen LogP contribution in [0.15, 0.2) is 41.3 Å². The molecule has 0 aliphatic carbocycles. The molecule has 0 saturated carbocycles. The fourth-order valence-electron chi connectivity index (χ4n) is 2.70. The molecular weight excluding hydrogens is 403 g/mol. The summed E-state index contributed by atoms with van der Waals surface area (Å²) in [6.07, 6.45) is 1.57. The number of anilines is 1. The summed E-state index contributed by atoms with van der Waals surface area (Å²) in [6, 6.07) is 8.24. The average Bonchev–Trinajstić information content (AvgIpc) is 2.66. The van der Waals surface area contributed by atoms with Gasteiger partial charge in [-0.1, -0.05) is 37.9 Å². The molecule has 0 aromatic heterocycles. The zero-order valence-corrected chi connectivity index (χ0v) is 17.7. The predicted octanol–water partition coefficient (Wildman–Crippen LogP) is 4.85. The van der Waals surface area contributed by atoms with Crippen LogP contribution in [0.5, 0.6) is 0 Å². The number of halogens is 2. The van der Waals surface area contributed by atoms with E-state index in [1.807, 2.05) is 6.92 Å². The topological polar surface area (TPSA) is 66.5 Å². The molecule has 0 heterocycles. The Bertz CT molecular complexity index is 964. The lowest BCUT2D eigenvalue weighted by Gasteiger charge is -2.20. The van der Waals surface area contributed by atoms with E-state index in [2.05, 4.69) is 5.32 Å². The van der Waals surface area contributed by atoms with Gasteiger partial charge in [0.1, 0.15) is 5.82 Å². The number of carbonyl (C=O) groups excluding carboxylic acids is 1. The normalized spacial score (nSPS) is 11.6. The van der Waals surface area contributed by atoms with Gasteiger partial charge in [0.25, 0.3) is 5.91 Å². The number of carbonyl (C=O) groups is 1. The van der Waals surface area contributed by atoms with Gasteiger partial charge in [-0.15, -0.1) is 0 Å². The summed E-state index contributed by atoms with van der Waals surface area (Å²) in [4.78, 5) is 12.5. The van der Waals surface area contributed by atoms with Gasteiger partial charge in [0.15, 0.2) is 0 Å². The van der Waals surface area contributed by atoms with Crippen molar-refractivity contribution in [3.05, 3.63) is 58.4 Å². The van der Waals surface area contributed by atoms with E-state index in [1.54, 1.807) is 32.0 Å². The Morgan fingerprint density at radius 2 is 1.93 bits per heavy atom. The van der Waals surface area contributed by atoms with E-state index in [9.17, 15) is 17.6 Å². The van der Waals surface area contributed by atoms with Gasteiger partial charge in [0.05, 0.1) is 10.5 Å². The van der Waals surface area contributed by atoms with Crippen LogP contribution in [0.25, 0.3) is 0 Å². The third-order valence-electron chi connectivity index (χ3n) is 4.45. The summed E-state index contributed by atoms with van der Waals surface area (Å²) in [5, 5.41) is 3.05. The van der Waals surface area contributed by atoms with E-state index in [1.165, 1.54) is 10.4 Å². The van der Waals surface area contributed by atoms with Crippen molar-refractivity contribution in [2.45, 2.75) is 38.5 Å². The second kappa shape index (κ2) is 9.49. The van der Waals surface area contributed by atoms with Crippen LogP contribution >= 0.6 is 11.6 Å². The molecule has 8 heteroatoms. The minimum Gasteiger partial charge on any atom is -0.322 e. The number of amides is 1. The van der Waals surface area contributed by atoms with Crippen LogP contribution in [0.1, 0.15) is 42.6 Å². The van der Waals surface area contributed by atoms with Crippen LogP contribution in [0.2, 0.25) is 5.02 Å². The van der Waals surface area contributed by atoms with Crippen LogP contribution < -0.4 is 5.32 Å². The summed E-state index contributed by atoms with van der Waals surface area (Å²) in [5.41, 5.74) is 0.730. The van der Waals surface area contributed by atoms with E-state index in [0.717, 1.165) is 25.0 Å². The number of sulfonamides is 1. The highest BCUT2D eigenvalue weighted by atomic mass is 35.5. The molecule has 0 bridgehead atoms. The highest BCUT2D eigenvalue weighted by Crippen LogP contribution is 2.25. The van der Waals surface area contributed by atoms with Gasteiger partial charge in [-0.2, -0.15) is 4.31 Å². The number of benzene rings is 2. The molecule has 0 radical (unpaired) electrons. The number of unbranched alkanes of at least 4 members (excludes halogenated alkanes) is 1. The third-order valence-corrected chi connectivity index (χ3v) is 6.83. The largest absolute Gasteiger partial charge is 0.322 e. The highest BCUT2D eigenvalue weighted by molar-refractivity contribution is 7.89. The van der Waals surface area contributed by atoms with Gasteiger partial charge in [0, 0.05) is 23.8 Å². The maximum absolute atomic E-state index is 14.3. The summed E-state index contributed by atoms with van der Waals surface area (Å²) >= 11 is 6.04. The van der Waals surface area contributed by atoms with Crippen LogP contribution in [-0.4, -0.2) is 31.7 Å². The highest BCUT2D eigenvalue weighted by Gasteiger charge is 2.25. The molecule has 1 amide bonds. The van der Waals surface area contributed by atoms with Crippen LogP contribution in [-0.2, 0) is 10.0 Å². The zero-order chi connectivity index (χ0) is 20.9. The van der Waals surface area contributed by atoms with Crippen molar-refractivity contribution in [2.75, 3.05) is 18.4 Å². The lowest BCUT2D eigenvalue weighted by Crippen LogP contribution is -2.32. The lowest BCUT2D eigenvalue weighted by molar-refractivity contribution is 0.102. The molecule has 0 atom stereocenters. The van der Waals surface area contributed by atoms with Crippen molar-refractivity contribution in [1.29, 1.82) is 0 Å². The summed E-state index contributed by atoms with van der Waals surface area (Å²) in [5.74, 6) is -1.54. The fourth-order valence-corrected chi connectivity index (χ4v) is 4.39. The number of hydrogen-bond acceptors (Lipinski definition) is 3. The van der Waals surface area contributed by atoms with Gasteiger partial charge >= 0.3 is 0 Å². The van der Waals surface area contributed by atoms with Gasteiger partial charge in [-0.05, 0) is 49.2 Å². The first kappa shape index (κ1) is 22.3. The Labute approximate surface area is 170 Å². The fraction of sp³-hybridized carbons (Fsp3) is 0.350. The van der Waals surface area contributed by atoms with E-state index >= 15 is 0 Å². The van der Waals surface area contributed by atoms with Crippen molar-refractivity contribution in [3.8, 4) is 0 Å². The van der Waals surface area contributed by atoms with E-state index in [-0.39, 0.29) is 10.5 Å². The third kappa shape index (κ3) is 4.90. The summed E-state index contributed by atoms with van der Waals surface area (Å²) < 4.78 is 41.3. The van der Waals surface area contributed by atoms with Gasteiger partial charge < -0.3 is 5.32 Å². The molecule has 28 heavy (non-hydrogen) atoms. The van der Waals surface area contributed by atoms with Crippen molar-refractivity contribution in [3.63, 3.8) is 0 Å². The second-order valence-electron chi connectivity index (χ2n) is 6.36. The van der Waals surface area contributed by atoms with E-state index < -0.39 is 21.7 Å². The maximum Gasteiger partial charge on any atom is 0.258 e. The zero-order valence-electron chi connectivity index (χ0n) is 16.1. The van der Waals surface area contributed by atoms with Gasteiger partial charge in [-0.3, -0.25) is 4.79 Å². The average molecular weight is 427 g/mol. The second-order valence-corrected chi connectivity index (χ2v) is 8.70. The molecule has 0 aliphatic rings. The summed E-state index contributed by atoms with van der Waals surface area (Å²) in [6.45, 7) is 6.10. The molecule has 1 N–H and O–H groups in total. The Morgan fingerprint density at radius 1 is 1.21 bits per heavy atom. The van der Waals surface area contributed by atoms with Gasteiger partial charge in [-0.25, -0.2) is 12.8 Å². The molecule has 2 aromatic carbocycles. The van der Waals surface area contributed by atoms with Crippen molar-refractivity contribution < 1.29 is 17.6 Å². The van der Waals surface area contributed by atoms with Crippen LogP contribution in [0.4, 0.5) is 10.1 Å². The number of nitrogens with zero attached hydrogens (tertiary/aromatic N) is 1. The molecule has 0 aliphatic heterocycles. The van der Waals surface area contributed by atoms with Crippen molar-refractivity contribution in [2.24, 2.45) is 0 Å². The lowest BCUT2D eigenvalue weighted by atomic mass is 10.1. The monoisotopic (exact) mass is 426 g/mol. The molecule has 152 valence electrons. The van der Waals surface area contributed by atoms with E-state index in [0.29, 0.717) is 29.4 Å². The first-order valence-electron chi connectivity index (χ1n) is 9.08. The molecule has 0 unspecified atom stereocenters. The Hall–Kier alpha value is -1.96.